The van der Waals surface area contributed by atoms with Crippen molar-refractivity contribution in [3.05, 3.63) is 64.1 Å². The summed E-state index contributed by atoms with van der Waals surface area (Å²) in [6, 6.07) is 16.1. The summed E-state index contributed by atoms with van der Waals surface area (Å²) < 4.78 is 17.9. The van der Waals surface area contributed by atoms with Crippen molar-refractivity contribution >= 4 is 22.9 Å². The Kier molecular flexibility index (Phi) is 8.48. The number of anilines is 1. The topological polar surface area (TPSA) is 72.9 Å². The largest absolute Gasteiger partial charge is 0.492 e. The lowest BCUT2D eigenvalue weighted by molar-refractivity contribution is -0.115. The molecule has 1 aromatic heterocycles. The fourth-order valence-electron chi connectivity index (χ4n) is 4.29. The van der Waals surface area contributed by atoms with Gasteiger partial charge in [0.25, 0.3) is 0 Å². The molecule has 0 fully saturated rings. The van der Waals surface area contributed by atoms with Crippen LogP contribution in [0.15, 0.2) is 48.5 Å². The van der Waals surface area contributed by atoms with Gasteiger partial charge in [-0.1, -0.05) is 18.2 Å². The molecule has 1 atom stereocenters. The van der Waals surface area contributed by atoms with Gasteiger partial charge in [0.05, 0.1) is 12.1 Å². The lowest BCUT2D eigenvalue weighted by Crippen LogP contribution is -2.39. The molecule has 192 valence electrons. The van der Waals surface area contributed by atoms with E-state index >= 15 is 0 Å². The van der Waals surface area contributed by atoms with Crippen LogP contribution in [0.5, 0.6) is 17.2 Å². The molecule has 2 heterocycles. The summed E-state index contributed by atoms with van der Waals surface area (Å²) in [4.78, 5) is 20.8. The van der Waals surface area contributed by atoms with Gasteiger partial charge in [0.1, 0.15) is 24.0 Å². The number of benzene rings is 2. The monoisotopic (exact) mass is 509 g/mol. The number of thiazole rings is 1. The second-order valence-corrected chi connectivity index (χ2v) is 10.6. The first kappa shape index (κ1) is 26.0. The molecule has 4 rings (SSSR count). The van der Waals surface area contributed by atoms with E-state index in [9.17, 15) is 4.79 Å². The zero-order valence-corrected chi connectivity index (χ0v) is 22.4. The standard InChI is InChI=1S/C28H35N3O4S/c1-18(2)31(19(3)4)13-14-33-22-10-8-9-21(15-22)30-27(32)16-26-20(5)29-28(36-26)25-17-34-23-11-6-7-12-24(23)35-25/h6-12,15,18-19,25H,13-14,16-17H2,1-5H3,(H,30,32). The minimum Gasteiger partial charge on any atom is -0.492 e. The molecule has 1 aliphatic rings. The van der Waals surface area contributed by atoms with Gasteiger partial charge in [0, 0.05) is 35.3 Å². The number of amides is 1. The molecule has 1 unspecified atom stereocenters. The summed E-state index contributed by atoms with van der Waals surface area (Å²) in [5.74, 6) is 2.10. The molecule has 0 aliphatic carbocycles. The smallest absolute Gasteiger partial charge is 0.229 e. The predicted molar refractivity (Wildman–Crippen MR) is 143 cm³/mol. The molecule has 1 amide bonds. The van der Waals surface area contributed by atoms with Gasteiger partial charge in [-0.3, -0.25) is 9.69 Å². The minimum atomic E-state index is -0.281. The number of aryl methyl sites for hydroxylation is 1. The van der Waals surface area contributed by atoms with Gasteiger partial charge in [-0.05, 0) is 58.9 Å². The molecule has 0 saturated carbocycles. The normalized spacial score (nSPS) is 14.9. The van der Waals surface area contributed by atoms with Crippen molar-refractivity contribution in [3.63, 3.8) is 0 Å². The first-order chi connectivity index (χ1) is 17.3. The average Bonchev–Trinajstić information content (AvgIpc) is 3.21. The molecule has 0 saturated heterocycles. The number of hydrogen-bond acceptors (Lipinski definition) is 7. The predicted octanol–water partition coefficient (Wildman–Crippen LogP) is 5.64. The maximum absolute atomic E-state index is 12.8. The van der Waals surface area contributed by atoms with Crippen LogP contribution in [0, 0.1) is 6.92 Å². The van der Waals surface area contributed by atoms with E-state index in [0.29, 0.717) is 36.7 Å². The number of carbonyl (C=O) groups is 1. The van der Waals surface area contributed by atoms with E-state index in [1.807, 2.05) is 55.5 Å². The van der Waals surface area contributed by atoms with Crippen LogP contribution in [0.1, 0.15) is 49.4 Å². The first-order valence-corrected chi connectivity index (χ1v) is 13.2. The van der Waals surface area contributed by atoms with Crippen LogP contribution >= 0.6 is 11.3 Å². The quantitative estimate of drug-likeness (QED) is 0.381. The molecule has 3 aromatic rings. The summed E-state index contributed by atoms with van der Waals surface area (Å²) >= 11 is 1.49. The van der Waals surface area contributed by atoms with Crippen LogP contribution in [0.25, 0.3) is 0 Å². The second kappa shape index (κ2) is 11.8. The highest BCUT2D eigenvalue weighted by atomic mass is 32.1. The number of ether oxygens (including phenoxy) is 3. The fourth-order valence-corrected chi connectivity index (χ4v) is 5.37. The minimum absolute atomic E-state index is 0.0950. The third kappa shape index (κ3) is 6.56. The highest BCUT2D eigenvalue weighted by Crippen LogP contribution is 2.37. The van der Waals surface area contributed by atoms with E-state index in [2.05, 4.69) is 42.9 Å². The Hall–Kier alpha value is -3.10. The molecule has 36 heavy (non-hydrogen) atoms. The summed E-state index contributed by atoms with van der Waals surface area (Å²) in [6.45, 7) is 12.5. The van der Waals surface area contributed by atoms with Crippen LogP contribution in [0.3, 0.4) is 0 Å². The molecule has 0 bridgehead atoms. The van der Waals surface area contributed by atoms with Crippen molar-refractivity contribution in [1.82, 2.24) is 9.88 Å². The Bertz CT molecular complexity index is 1170. The Labute approximate surface area is 217 Å². The van der Waals surface area contributed by atoms with Gasteiger partial charge >= 0.3 is 0 Å². The molecule has 2 aromatic carbocycles. The van der Waals surface area contributed by atoms with E-state index in [0.717, 1.165) is 33.6 Å². The van der Waals surface area contributed by atoms with Crippen molar-refractivity contribution in [2.24, 2.45) is 0 Å². The number of rotatable bonds is 10. The lowest BCUT2D eigenvalue weighted by atomic mass is 10.2. The van der Waals surface area contributed by atoms with Crippen LogP contribution in [0.2, 0.25) is 0 Å². The number of nitrogens with zero attached hydrogens (tertiary/aromatic N) is 2. The number of para-hydroxylation sites is 2. The van der Waals surface area contributed by atoms with E-state index in [4.69, 9.17) is 14.2 Å². The third-order valence-electron chi connectivity index (χ3n) is 6.08. The lowest BCUT2D eigenvalue weighted by Gasteiger charge is -2.30. The number of aromatic nitrogens is 1. The summed E-state index contributed by atoms with van der Waals surface area (Å²) in [5.41, 5.74) is 1.55. The molecule has 1 N–H and O–H groups in total. The van der Waals surface area contributed by atoms with Crippen LogP contribution in [0.4, 0.5) is 5.69 Å². The molecular weight excluding hydrogens is 474 g/mol. The fraction of sp³-hybridized carbons (Fsp3) is 0.429. The molecule has 8 heteroatoms. The Morgan fingerprint density at radius 3 is 2.64 bits per heavy atom. The summed E-state index contributed by atoms with van der Waals surface area (Å²) in [7, 11) is 0. The number of hydrogen-bond donors (Lipinski definition) is 1. The van der Waals surface area contributed by atoms with Crippen LogP contribution in [-0.4, -0.2) is 47.6 Å². The SMILES string of the molecule is Cc1nc(C2COc3ccccc3O2)sc1CC(=O)Nc1cccc(OCCN(C(C)C)C(C)C)c1. The van der Waals surface area contributed by atoms with Gasteiger partial charge in [-0.25, -0.2) is 4.98 Å². The second-order valence-electron chi connectivity index (χ2n) is 9.45. The zero-order chi connectivity index (χ0) is 25.7. The van der Waals surface area contributed by atoms with Crippen molar-refractivity contribution in [1.29, 1.82) is 0 Å². The first-order valence-electron chi connectivity index (χ1n) is 12.4. The Balaban J connectivity index is 1.32. The van der Waals surface area contributed by atoms with Gasteiger partial charge in [-0.15, -0.1) is 11.3 Å². The third-order valence-corrected chi connectivity index (χ3v) is 7.33. The highest BCUT2D eigenvalue weighted by molar-refractivity contribution is 7.12. The Morgan fingerprint density at radius 1 is 1.14 bits per heavy atom. The van der Waals surface area contributed by atoms with E-state index in [1.54, 1.807) is 0 Å². The van der Waals surface area contributed by atoms with Crippen molar-refractivity contribution < 1.29 is 19.0 Å². The molecule has 0 radical (unpaired) electrons. The van der Waals surface area contributed by atoms with Gasteiger partial charge < -0.3 is 19.5 Å². The van der Waals surface area contributed by atoms with Gasteiger partial charge in [-0.2, -0.15) is 0 Å². The average molecular weight is 510 g/mol. The van der Waals surface area contributed by atoms with Gasteiger partial charge in [0.15, 0.2) is 17.6 Å². The van der Waals surface area contributed by atoms with Crippen LogP contribution < -0.4 is 19.5 Å². The van der Waals surface area contributed by atoms with Crippen LogP contribution in [-0.2, 0) is 11.2 Å². The molecule has 7 nitrogen and oxygen atoms in total. The highest BCUT2D eigenvalue weighted by Gasteiger charge is 2.26. The number of carbonyl (C=O) groups excluding carboxylic acids is 1. The zero-order valence-electron chi connectivity index (χ0n) is 21.6. The van der Waals surface area contributed by atoms with Crippen molar-refractivity contribution in [3.8, 4) is 17.2 Å². The maximum atomic E-state index is 12.8. The van der Waals surface area contributed by atoms with E-state index in [1.165, 1.54) is 11.3 Å². The van der Waals surface area contributed by atoms with Crippen molar-refractivity contribution in [2.45, 2.75) is 59.2 Å². The molecule has 1 aliphatic heterocycles. The molecule has 0 spiro atoms. The Morgan fingerprint density at radius 2 is 1.89 bits per heavy atom. The van der Waals surface area contributed by atoms with E-state index in [-0.39, 0.29) is 18.4 Å². The van der Waals surface area contributed by atoms with Crippen molar-refractivity contribution in [2.75, 3.05) is 25.1 Å². The number of fused-ring (bicyclic) bond motifs is 1. The van der Waals surface area contributed by atoms with E-state index < -0.39 is 0 Å². The summed E-state index contributed by atoms with van der Waals surface area (Å²) in [5, 5.41) is 3.81. The summed E-state index contributed by atoms with van der Waals surface area (Å²) in [6.07, 6.45) is -0.0345. The molecular formula is C28H35N3O4S. The number of nitrogens with one attached hydrogen (secondary N) is 1. The maximum Gasteiger partial charge on any atom is 0.229 e. The van der Waals surface area contributed by atoms with Gasteiger partial charge in [0.2, 0.25) is 5.91 Å².